The van der Waals surface area contributed by atoms with Crippen molar-refractivity contribution in [2.24, 2.45) is 0 Å². The van der Waals surface area contributed by atoms with Crippen molar-refractivity contribution in [3.05, 3.63) is 88.9 Å². The number of amides is 1. The van der Waals surface area contributed by atoms with E-state index >= 15 is 0 Å². The van der Waals surface area contributed by atoms with E-state index in [4.69, 9.17) is 16.3 Å². The summed E-state index contributed by atoms with van der Waals surface area (Å²) < 4.78 is 32.5. The summed E-state index contributed by atoms with van der Waals surface area (Å²) in [5.74, 6) is 0.227. The van der Waals surface area contributed by atoms with Crippen molar-refractivity contribution < 1.29 is 17.9 Å². The maximum Gasteiger partial charge on any atom is 0.264 e. The molecule has 6 nitrogen and oxygen atoms in total. The number of para-hydroxylation sites is 2. The highest BCUT2D eigenvalue weighted by molar-refractivity contribution is 7.92. The van der Waals surface area contributed by atoms with Gasteiger partial charge in [0.25, 0.3) is 15.9 Å². The molecule has 0 aliphatic carbocycles. The smallest absolute Gasteiger partial charge is 0.264 e. The van der Waals surface area contributed by atoms with Gasteiger partial charge in [-0.3, -0.25) is 9.10 Å². The first-order chi connectivity index (χ1) is 14.7. The van der Waals surface area contributed by atoms with Gasteiger partial charge in [-0.05, 0) is 54.1 Å². The number of benzene rings is 3. The van der Waals surface area contributed by atoms with Crippen LogP contribution in [0.4, 0.5) is 5.69 Å². The Kier molecular flexibility index (Phi) is 6.87. The standard InChI is InChI=1S/C23H23ClN2O4S/c1-25(16-17-7-6-8-19(24)15-17)23(27)18-11-13-20(14-12-18)31(28,29)26(2)21-9-4-5-10-22(21)30-3/h4-15H,16H2,1-3H3. The Balaban J connectivity index is 1.79. The Labute approximate surface area is 187 Å². The van der Waals surface area contributed by atoms with E-state index in [2.05, 4.69) is 0 Å². The highest BCUT2D eigenvalue weighted by Crippen LogP contribution is 2.31. The number of halogens is 1. The van der Waals surface area contributed by atoms with Crippen LogP contribution in [0.5, 0.6) is 5.75 Å². The van der Waals surface area contributed by atoms with Crippen LogP contribution in [-0.2, 0) is 16.6 Å². The number of ether oxygens (including phenoxy) is 1. The third kappa shape index (κ3) is 5.00. The van der Waals surface area contributed by atoms with Crippen LogP contribution in [-0.4, -0.2) is 40.4 Å². The zero-order valence-electron chi connectivity index (χ0n) is 17.4. The highest BCUT2D eigenvalue weighted by Gasteiger charge is 2.24. The number of rotatable bonds is 7. The molecule has 0 atom stereocenters. The largest absolute Gasteiger partial charge is 0.495 e. The van der Waals surface area contributed by atoms with Gasteiger partial charge >= 0.3 is 0 Å². The number of sulfonamides is 1. The van der Waals surface area contributed by atoms with Crippen LogP contribution in [0.25, 0.3) is 0 Å². The molecule has 0 fully saturated rings. The maximum atomic E-state index is 13.1. The number of nitrogens with zero attached hydrogens (tertiary/aromatic N) is 2. The molecule has 0 aliphatic rings. The SMILES string of the molecule is COc1ccccc1N(C)S(=O)(=O)c1ccc(C(=O)N(C)Cc2cccc(Cl)c2)cc1. The van der Waals surface area contributed by atoms with Gasteiger partial charge in [0.05, 0.1) is 17.7 Å². The molecule has 0 bridgehead atoms. The molecule has 0 spiro atoms. The Morgan fingerprint density at radius 3 is 2.29 bits per heavy atom. The van der Waals surface area contributed by atoms with E-state index in [0.29, 0.717) is 28.6 Å². The van der Waals surface area contributed by atoms with Crippen molar-refractivity contribution in [3.8, 4) is 5.75 Å². The van der Waals surface area contributed by atoms with E-state index in [9.17, 15) is 13.2 Å². The minimum Gasteiger partial charge on any atom is -0.495 e. The van der Waals surface area contributed by atoms with Gasteiger partial charge in [0.1, 0.15) is 5.75 Å². The minimum atomic E-state index is -3.83. The molecule has 3 aromatic rings. The Hall–Kier alpha value is -3.03. The summed E-state index contributed by atoms with van der Waals surface area (Å²) in [5.41, 5.74) is 1.72. The lowest BCUT2D eigenvalue weighted by Crippen LogP contribution is -2.28. The molecular weight excluding hydrogens is 436 g/mol. The fourth-order valence-electron chi connectivity index (χ4n) is 3.15. The van der Waals surface area contributed by atoms with E-state index in [0.717, 1.165) is 9.87 Å². The van der Waals surface area contributed by atoms with E-state index in [1.165, 1.54) is 38.4 Å². The summed E-state index contributed by atoms with van der Waals surface area (Å²) in [6.45, 7) is 0.385. The average Bonchev–Trinajstić information content (AvgIpc) is 2.78. The molecule has 162 valence electrons. The van der Waals surface area contributed by atoms with Crippen molar-refractivity contribution in [1.29, 1.82) is 0 Å². The van der Waals surface area contributed by atoms with Crippen molar-refractivity contribution in [3.63, 3.8) is 0 Å². The van der Waals surface area contributed by atoms with Crippen molar-refractivity contribution in [1.82, 2.24) is 4.90 Å². The number of carbonyl (C=O) groups is 1. The van der Waals surface area contributed by atoms with Crippen LogP contribution in [0.2, 0.25) is 5.02 Å². The topological polar surface area (TPSA) is 66.9 Å². The quantitative estimate of drug-likeness (QED) is 0.524. The molecule has 3 aromatic carbocycles. The predicted octanol–water partition coefficient (Wildman–Crippen LogP) is 4.45. The summed E-state index contributed by atoms with van der Waals surface area (Å²) in [4.78, 5) is 14.4. The molecule has 31 heavy (non-hydrogen) atoms. The lowest BCUT2D eigenvalue weighted by atomic mass is 10.1. The molecule has 0 heterocycles. The third-order valence-electron chi connectivity index (χ3n) is 4.84. The number of anilines is 1. The molecule has 0 aliphatic heterocycles. The molecule has 0 unspecified atom stereocenters. The normalized spacial score (nSPS) is 11.1. The molecule has 1 amide bonds. The Morgan fingerprint density at radius 1 is 0.968 bits per heavy atom. The summed E-state index contributed by atoms with van der Waals surface area (Å²) in [6.07, 6.45) is 0. The van der Waals surface area contributed by atoms with E-state index in [1.54, 1.807) is 48.3 Å². The average molecular weight is 459 g/mol. The van der Waals surface area contributed by atoms with Crippen LogP contribution < -0.4 is 9.04 Å². The van der Waals surface area contributed by atoms with Crippen LogP contribution in [0.15, 0.2) is 77.7 Å². The molecule has 0 radical (unpaired) electrons. The van der Waals surface area contributed by atoms with Crippen LogP contribution in [0.3, 0.4) is 0 Å². The fraction of sp³-hybridized carbons (Fsp3) is 0.174. The molecule has 0 saturated carbocycles. The molecule has 0 aromatic heterocycles. The van der Waals surface area contributed by atoms with Gasteiger partial charge in [0.2, 0.25) is 0 Å². The van der Waals surface area contributed by atoms with Crippen molar-refractivity contribution >= 4 is 33.2 Å². The summed E-state index contributed by atoms with van der Waals surface area (Å²) in [6, 6.07) is 20.0. The Morgan fingerprint density at radius 2 is 1.65 bits per heavy atom. The van der Waals surface area contributed by atoms with Crippen molar-refractivity contribution in [2.45, 2.75) is 11.4 Å². The second kappa shape index (κ2) is 9.41. The van der Waals surface area contributed by atoms with E-state index < -0.39 is 10.0 Å². The van der Waals surface area contributed by atoms with Crippen molar-refractivity contribution in [2.75, 3.05) is 25.5 Å². The summed E-state index contributed by atoms with van der Waals surface area (Å²) >= 11 is 6.00. The summed E-state index contributed by atoms with van der Waals surface area (Å²) in [7, 11) is 0.806. The van der Waals surface area contributed by atoms with E-state index in [-0.39, 0.29) is 10.8 Å². The number of methoxy groups -OCH3 is 1. The van der Waals surface area contributed by atoms with Crippen LogP contribution in [0, 0.1) is 0 Å². The Bertz CT molecular complexity index is 1180. The first-order valence-electron chi connectivity index (χ1n) is 9.46. The first kappa shape index (κ1) is 22.7. The van der Waals surface area contributed by atoms with Gasteiger partial charge < -0.3 is 9.64 Å². The highest BCUT2D eigenvalue weighted by atomic mass is 35.5. The first-order valence-corrected chi connectivity index (χ1v) is 11.3. The van der Waals surface area contributed by atoms with Crippen LogP contribution in [0.1, 0.15) is 15.9 Å². The lowest BCUT2D eigenvalue weighted by molar-refractivity contribution is 0.0785. The monoisotopic (exact) mass is 458 g/mol. The van der Waals surface area contributed by atoms with Gasteiger partial charge in [-0.2, -0.15) is 0 Å². The zero-order valence-corrected chi connectivity index (χ0v) is 19.0. The molecule has 0 N–H and O–H groups in total. The molecule has 3 rings (SSSR count). The zero-order chi connectivity index (χ0) is 22.6. The molecular formula is C23H23ClN2O4S. The number of hydrogen-bond donors (Lipinski definition) is 0. The number of carbonyl (C=O) groups excluding carboxylic acids is 1. The summed E-state index contributed by atoms with van der Waals surface area (Å²) in [5, 5.41) is 0.604. The molecule has 8 heteroatoms. The van der Waals surface area contributed by atoms with Gasteiger partial charge in [-0.15, -0.1) is 0 Å². The third-order valence-corrected chi connectivity index (χ3v) is 6.86. The minimum absolute atomic E-state index is 0.0787. The van der Waals surface area contributed by atoms with Gasteiger partial charge in [0.15, 0.2) is 0 Å². The fourth-order valence-corrected chi connectivity index (χ4v) is 4.57. The van der Waals surface area contributed by atoms with Crippen LogP contribution >= 0.6 is 11.6 Å². The predicted molar refractivity (Wildman–Crippen MR) is 122 cm³/mol. The van der Waals surface area contributed by atoms with E-state index in [1.807, 2.05) is 12.1 Å². The lowest BCUT2D eigenvalue weighted by Gasteiger charge is -2.22. The molecule has 0 saturated heterocycles. The second-order valence-corrected chi connectivity index (χ2v) is 9.37. The van der Waals surface area contributed by atoms with Gasteiger partial charge in [-0.1, -0.05) is 35.9 Å². The number of hydrogen-bond acceptors (Lipinski definition) is 4. The van der Waals surface area contributed by atoms with Gasteiger partial charge in [-0.25, -0.2) is 8.42 Å². The second-order valence-electron chi connectivity index (χ2n) is 6.96. The maximum absolute atomic E-state index is 13.1. The van der Waals surface area contributed by atoms with Gasteiger partial charge in [0, 0.05) is 31.2 Å².